The minimum Gasteiger partial charge on any atom is -0.307 e. The van der Waals surface area contributed by atoms with E-state index in [0.29, 0.717) is 11.6 Å². The Hall–Kier alpha value is -1.68. The molecule has 0 N–H and O–H groups in total. The zero-order valence-electron chi connectivity index (χ0n) is 10.5. The molecule has 18 heavy (non-hydrogen) atoms. The number of pyridine rings is 1. The summed E-state index contributed by atoms with van der Waals surface area (Å²) in [4.78, 5) is 17.9. The van der Waals surface area contributed by atoms with E-state index in [-0.39, 0.29) is 0 Å². The topological polar surface area (TPSA) is 37.6 Å². The van der Waals surface area contributed by atoms with Gasteiger partial charge in [0.25, 0.3) is 0 Å². The number of imidazole rings is 1. The van der Waals surface area contributed by atoms with Gasteiger partial charge in [-0.15, -0.1) is 0 Å². The molecule has 0 amide bonds. The summed E-state index contributed by atoms with van der Waals surface area (Å²) in [5, 5.41) is 0. The highest BCUT2D eigenvalue weighted by molar-refractivity contribution is 5.76. The summed E-state index contributed by atoms with van der Waals surface area (Å²) in [5.41, 5.74) is 2.66. The molecule has 3 rings (SSSR count). The van der Waals surface area contributed by atoms with Crippen LogP contribution in [0.4, 0.5) is 0 Å². The first-order chi connectivity index (χ1) is 8.81. The fourth-order valence-electron chi connectivity index (χ4n) is 2.79. The van der Waals surface area contributed by atoms with Gasteiger partial charge in [-0.2, -0.15) is 0 Å². The fourth-order valence-corrected chi connectivity index (χ4v) is 2.79. The van der Waals surface area contributed by atoms with Gasteiger partial charge in [0.15, 0.2) is 0 Å². The van der Waals surface area contributed by atoms with Crippen LogP contribution in [0.15, 0.2) is 24.5 Å². The highest BCUT2D eigenvalue weighted by Crippen LogP contribution is 2.30. The fraction of sp³-hybridized carbons (Fsp3) is 0.429. The molecular weight excluding hydrogens is 226 g/mol. The lowest BCUT2D eigenvalue weighted by Gasteiger charge is -2.20. The molecule has 1 atom stereocenters. The SMILES string of the molecule is CCN1CCCC1c1cn2ccc(C=O)cc2n1. The smallest absolute Gasteiger partial charge is 0.150 e. The van der Waals surface area contributed by atoms with Gasteiger partial charge in [0.1, 0.15) is 11.9 Å². The zero-order valence-corrected chi connectivity index (χ0v) is 10.5. The van der Waals surface area contributed by atoms with Crippen LogP contribution in [0, 0.1) is 0 Å². The lowest BCUT2D eigenvalue weighted by Crippen LogP contribution is -2.22. The summed E-state index contributed by atoms with van der Waals surface area (Å²) < 4.78 is 1.99. The summed E-state index contributed by atoms with van der Waals surface area (Å²) in [6, 6.07) is 4.09. The number of fused-ring (bicyclic) bond motifs is 1. The van der Waals surface area contributed by atoms with Crippen molar-refractivity contribution in [1.82, 2.24) is 14.3 Å². The second-order valence-corrected chi connectivity index (χ2v) is 4.80. The van der Waals surface area contributed by atoms with E-state index < -0.39 is 0 Å². The molecule has 0 aromatic carbocycles. The minimum absolute atomic E-state index is 0.439. The maximum atomic E-state index is 10.8. The Kier molecular flexibility index (Phi) is 2.88. The molecule has 4 heteroatoms. The molecule has 3 heterocycles. The summed E-state index contributed by atoms with van der Waals surface area (Å²) >= 11 is 0. The molecule has 1 aliphatic heterocycles. The average Bonchev–Trinajstić information content (AvgIpc) is 3.03. The first kappa shape index (κ1) is 11.4. The molecule has 2 aromatic heterocycles. The van der Waals surface area contributed by atoms with Gasteiger partial charge in [-0.3, -0.25) is 9.69 Å². The van der Waals surface area contributed by atoms with E-state index in [4.69, 9.17) is 0 Å². The van der Waals surface area contributed by atoms with Crippen molar-refractivity contribution in [2.24, 2.45) is 0 Å². The molecule has 94 valence electrons. The van der Waals surface area contributed by atoms with Crippen LogP contribution in [0.5, 0.6) is 0 Å². The number of rotatable bonds is 3. The van der Waals surface area contributed by atoms with E-state index in [1.54, 1.807) is 0 Å². The zero-order chi connectivity index (χ0) is 12.5. The van der Waals surface area contributed by atoms with Crippen molar-refractivity contribution in [3.63, 3.8) is 0 Å². The lowest BCUT2D eigenvalue weighted by molar-refractivity contribution is 0.112. The van der Waals surface area contributed by atoms with Crippen LogP contribution in [0.3, 0.4) is 0 Å². The molecule has 4 nitrogen and oxygen atoms in total. The van der Waals surface area contributed by atoms with Crippen molar-refractivity contribution >= 4 is 11.9 Å². The van der Waals surface area contributed by atoms with Gasteiger partial charge in [-0.05, 0) is 38.1 Å². The van der Waals surface area contributed by atoms with Gasteiger partial charge in [0.2, 0.25) is 0 Å². The Bertz CT molecular complexity index is 575. The van der Waals surface area contributed by atoms with Gasteiger partial charge >= 0.3 is 0 Å². The average molecular weight is 243 g/mol. The molecule has 0 aliphatic carbocycles. The summed E-state index contributed by atoms with van der Waals surface area (Å²) in [6.45, 7) is 4.42. The second kappa shape index (κ2) is 4.53. The van der Waals surface area contributed by atoms with E-state index in [9.17, 15) is 4.79 Å². The molecule has 1 unspecified atom stereocenters. The van der Waals surface area contributed by atoms with E-state index in [2.05, 4.69) is 23.0 Å². The van der Waals surface area contributed by atoms with Crippen molar-refractivity contribution in [3.05, 3.63) is 35.8 Å². The Morgan fingerprint density at radius 3 is 3.22 bits per heavy atom. The maximum Gasteiger partial charge on any atom is 0.150 e. The monoisotopic (exact) mass is 243 g/mol. The van der Waals surface area contributed by atoms with E-state index in [0.717, 1.165) is 30.7 Å². The number of nitrogens with zero attached hydrogens (tertiary/aromatic N) is 3. The van der Waals surface area contributed by atoms with Crippen molar-refractivity contribution in [2.45, 2.75) is 25.8 Å². The molecule has 1 saturated heterocycles. The molecule has 1 fully saturated rings. The molecule has 2 aromatic rings. The molecule has 0 bridgehead atoms. The standard InChI is InChI=1S/C14H17N3O/c1-2-16-6-3-4-13(16)12-9-17-7-5-11(10-18)8-14(17)15-12/h5,7-10,13H,2-4,6H2,1H3. The lowest BCUT2D eigenvalue weighted by atomic mass is 10.1. The Morgan fingerprint density at radius 1 is 1.56 bits per heavy atom. The van der Waals surface area contributed by atoms with Crippen molar-refractivity contribution in [1.29, 1.82) is 0 Å². The number of hydrogen-bond acceptors (Lipinski definition) is 3. The quantitative estimate of drug-likeness (QED) is 0.776. The highest BCUT2D eigenvalue weighted by atomic mass is 16.1. The first-order valence-corrected chi connectivity index (χ1v) is 6.49. The van der Waals surface area contributed by atoms with Crippen LogP contribution in [-0.4, -0.2) is 33.7 Å². The number of likely N-dealkylation sites (tertiary alicyclic amines) is 1. The van der Waals surface area contributed by atoms with Gasteiger partial charge in [-0.25, -0.2) is 4.98 Å². The summed E-state index contributed by atoms with van der Waals surface area (Å²) in [6.07, 6.45) is 7.27. The maximum absolute atomic E-state index is 10.8. The van der Waals surface area contributed by atoms with Crippen LogP contribution in [0.1, 0.15) is 41.9 Å². The molecule has 0 radical (unpaired) electrons. The number of carbonyl (C=O) groups excluding carboxylic acids is 1. The normalized spacial score (nSPS) is 20.6. The van der Waals surface area contributed by atoms with E-state index in [1.165, 1.54) is 12.8 Å². The first-order valence-electron chi connectivity index (χ1n) is 6.49. The predicted octanol–water partition coefficient (Wildman–Crippen LogP) is 2.30. The molecule has 0 spiro atoms. The van der Waals surface area contributed by atoms with Gasteiger partial charge in [0.05, 0.1) is 11.7 Å². The number of hydrogen-bond donors (Lipinski definition) is 0. The molecule has 0 saturated carbocycles. The number of aromatic nitrogens is 2. The van der Waals surface area contributed by atoms with Crippen LogP contribution < -0.4 is 0 Å². The number of aldehydes is 1. The van der Waals surface area contributed by atoms with Crippen molar-refractivity contribution in [2.75, 3.05) is 13.1 Å². The number of carbonyl (C=O) groups is 1. The minimum atomic E-state index is 0.439. The van der Waals surface area contributed by atoms with Crippen LogP contribution in [0.2, 0.25) is 0 Å². The third-order valence-electron chi connectivity index (χ3n) is 3.75. The van der Waals surface area contributed by atoms with E-state index in [1.807, 2.05) is 22.7 Å². The highest BCUT2D eigenvalue weighted by Gasteiger charge is 2.26. The van der Waals surface area contributed by atoms with Gasteiger partial charge < -0.3 is 4.40 Å². The summed E-state index contributed by atoms with van der Waals surface area (Å²) in [5.74, 6) is 0. The Morgan fingerprint density at radius 2 is 2.44 bits per heavy atom. The van der Waals surface area contributed by atoms with Crippen molar-refractivity contribution < 1.29 is 4.79 Å². The van der Waals surface area contributed by atoms with Crippen LogP contribution in [0.25, 0.3) is 5.65 Å². The second-order valence-electron chi connectivity index (χ2n) is 4.80. The third-order valence-corrected chi connectivity index (χ3v) is 3.75. The largest absolute Gasteiger partial charge is 0.307 e. The van der Waals surface area contributed by atoms with Crippen LogP contribution >= 0.6 is 0 Å². The van der Waals surface area contributed by atoms with Crippen LogP contribution in [-0.2, 0) is 0 Å². The molecule has 1 aliphatic rings. The predicted molar refractivity (Wildman–Crippen MR) is 69.8 cm³/mol. The van der Waals surface area contributed by atoms with Gasteiger partial charge in [0, 0.05) is 18.0 Å². The summed E-state index contributed by atoms with van der Waals surface area (Å²) in [7, 11) is 0. The molecular formula is C14H17N3O. The Balaban J connectivity index is 2.00. The van der Waals surface area contributed by atoms with Crippen molar-refractivity contribution in [3.8, 4) is 0 Å². The van der Waals surface area contributed by atoms with E-state index >= 15 is 0 Å². The Labute approximate surface area is 106 Å². The third kappa shape index (κ3) is 1.82. The van der Waals surface area contributed by atoms with Gasteiger partial charge in [-0.1, -0.05) is 6.92 Å².